The molecule has 4 rings (SSSR count). The molecule has 0 fully saturated rings. The van der Waals surface area contributed by atoms with Crippen molar-refractivity contribution < 1.29 is 9.53 Å². The van der Waals surface area contributed by atoms with Gasteiger partial charge in [0.2, 0.25) is 0 Å². The maximum Gasteiger partial charge on any atom is 0.265 e. The SMILES string of the molecule is Cc1cccc(OCc2csc(C(=O)Nc3cnn(Cc4ccc(Cl)cc4)c3)c2)c1C. The highest BCUT2D eigenvalue weighted by molar-refractivity contribution is 7.12. The number of amides is 1. The number of benzene rings is 2. The normalized spacial score (nSPS) is 10.8. The molecule has 0 aliphatic rings. The van der Waals surface area contributed by atoms with E-state index in [9.17, 15) is 4.79 Å². The number of thiophene rings is 1. The fraction of sp³-hybridized carbons (Fsp3) is 0.167. The van der Waals surface area contributed by atoms with Crippen LogP contribution in [0.25, 0.3) is 0 Å². The third kappa shape index (κ3) is 5.34. The van der Waals surface area contributed by atoms with E-state index >= 15 is 0 Å². The number of ether oxygens (including phenoxy) is 1. The predicted octanol–water partition coefficient (Wildman–Crippen LogP) is 6.09. The number of carbonyl (C=O) groups is 1. The Morgan fingerprint density at radius 1 is 1.16 bits per heavy atom. The van der Waals surface area contributed by atoms with Crippen LogP contribution in [0.5, 0.6) is 5.75 Å². The van der Waals surface area contributed by atoms with E-state index < -0.39 is 0 Å². The minimum Gasteiger partial charge on any atom is -0.489 e. The summed E-state index contributed by atoms with van der Waals surface area (Å²) in [6, 6.07) is 15.5. The van der Waals surface area contributed by atoms with Crippen LogP contribution in [0, 0.1) is 13.8 Å². The largest absolute Gasteiger partial charge is 0.489 e. The number of anilines is 1. The second-order valence-corrected chi connectivity index (χ2v) is 8.66. The van der Waals surface area contributed by atoms with Gasteiger partial charge in [-0.1, -0.05) is 35.9 Å². The molecule has 0 aliphatic heterocycles. The molecule has 4 aromatic rings. The average Bonchev–Trinajstić information content (AvgIpc) is 3.40. The summed E-state index contributed by atoms with van der Waals surface area (Å²) in [5.74, 6) is 0.708. The summed E-state index contributed by atoms with van der Waals surface area (Å²) in [7, 11) is 0. The highest BCUT2D eigenvalue weighted by Gasteiger charge is 2.12. The van der Waals surface area contributed by atoms with E-state index in [-0.39, 0.29) is 5.91 Å². The summed E-state index contributed by atoms with van der Waals surface area (Å²) in [5, 5.41) is 9.87. The molecule has 2 aromatic carbocycles. The minimum absolute atomic E-state index is 0.158. The predicted molar refractivity (Wildman–Crippen MR) is 125 cm³/mol. The number of aryl methyl sites for hydroxylation is 1. The summed E-state index contributed by atoms with van der Waals surface area (Å²) >= 11 is 7.32. The van der Waals surface area contributed by atoms with E-state index in [0.717, 1.165) is 22.4 Å². The van der Waals surface area contributed by atoms with Crippen LogP contribution in [-0.4, -0.2) is 15.7 Å². The van der Waals surface area contributed by atoms with Crippen molar-refractivity contribution >= 4 is 34.5 Å². The minimum atomic E-state index is -0.158. The lowest BCUT2D eigenvalue weighted by atomic mass is 10.1. The van der Waals surface area contributed by atoms with Gasteiger partial charge in [-0.2, -0.15) is 5.10 Å². The van der Waals surface area contributed by atoms with Gasteiger partial charge >= 0.3 is 0 Å². The molecule has 0 bridgehead atoms. The lowest BCUT2D eigenvalue weighted by Crippen LogP contribution is -2.09. The van der Waals surface area contributed by atoms with Crippen molar-refractivity contribution in [3.63, 3.8) is 0 Å². The second-order valence-electron chi connectivity index (χ2n) is 7.31. The Kier molecular flexibility index (Phi) is 6.39. The Balaban J connectivity index is 1.34. The average molecular weight is 452 g/mol. The molecule has 1 amide bonds. The van der Waals surface area contributed by atoms with E-state index in [2.05, 4.69) is 23.4 Å². The maximum absolute atomic E-state index is 12.6. The topological polar surface area (TPSA) is 56.1 Å². The van der Waals surface area contributed by atoms with Gasteiger partial charge in [-0.25, -0.2) is 0 Å². The molecule has 0 atom stereocenters. The van der Waals surface area contributed by atoms with Gasteiger partial charge in [0.1, 0.15) is 12.4 Å². The number of carbonyl (C=O) groups excluding carboxylic acids is 1. The zero-order chi connectivity index (χ0) is 21.8. The van der Waals surface area contributed by atoms with Gasteiger partial charge in [0.05, 0.1) is 23.3 Å². The summed E-state index contributed by atoms with van der Waals surface area (Å²) in [4.78, 5) is 13.2. The molecule has 0 aliphatic carbocycles. The second kappa shape index (κ2) is 9.37. The van der Waals surface area contributed by atoms with Crippen LogP contribution in [-0.2, 0) is 13.2 Å². The van der Waals surface area contributed by atoms with Crippen LogP contribution in [0.4, 0.5) is 5.69 Å². The Morgan fingerprint density at radius 2 is 1.97 bits per heavy atom. The first-order valence-corrected chi connectivity index (χ1v) is 11.1. The van der Waals surface area contributed by atoms with Crippen molar-refractivity contribution in [3.05, 3.63) is 98.5 Å². The van der Waals surface area contributed by atoms with Crippen molar-refractivity contribution in [3.8, 4) is 5.75 Å². The molecular weight excluding hydrogens is 430 g/mol. The third-order valence-corrected chi connectivity index (χ3v) is 6.21. The van der Waals surface area contributed by atoms with E-state index in [0.29, 0.717) is 28.7 Å². The fourth-order valence-corrected chi connectivity index (χ4v) is 4.01. The monoisotopic (exact) mass is 451 g/mol. The lowest BCUT2D eigenvalue weighted by Gasteiger charge is -2.09. The molecule has 5 nitrogen and oxygen atoms in total. The third-order valence-electron chi connectivity index (χ3n) is 4.98. The molecule has 0 saturated carbocycles. The molecule has 0 saturated heterocycles. The number of rotatable bonds is 7. The number of nitrogens with one attached hydrogen (secondary N) is 1. The van der Waals surface area contributed by atoms with Crippen molar-refractivity contribution in [2.24, 2.45) is 0 Å². The van der Waals surface area contributed by atoms with Crippen LogP contribution >= 0.6 is 22.9 Å². The zero-order valence-corrected chi connectivity index (χ0v) is 18.8. The molecule has 0 unspecified atom stereocenters. The quantitative estimate of drug-likeness (QED) is 0.369. The van der Waals surface area contributed by atoms with Crippen LogP contribution in [0.2, 0.25) is 5.02 Å². The molecule has 31 heavy (non-hydrogen) atoms. The van der Waals surface area contributed by atoms with Crippen molar-refractivity contribution in [1.82, 2.24) is 9.78 Å². The Labute approximate surface area is 190 Å². The van der Waals surface area contributed by atoms with Crippen LogP contribution in [0.3, 0.4) is 0 Å². The number of nitrogens with zero attached hydrogens (tertiary/aromatic N) is 2. The summed E-state index contributed by atoms with van der Waals surface area (Å²) < 4.78 is 7.71. The summed E-state index contributed by atoms with van der Waals surface area (Å²) in [5.41, 5.74) is 5.03. The summed E-state index contributed by atoms with van der Waals surface area (Å²) in [6.45, 7) is 5.14. The number of halogens is 1. The highest BCUT2D eigenvalue weighted by Crippen LogP contribution is 2.23. The van der Waals surface area contributed by atoms with Gasteiger partial charge in [0, 0.05) is 16.8 Å². The van der Waals surface area contributed by atoms with Gasteiger partial charge in [0.15, 0.2) is 0 Å². The fourth-order valence-electron chi connectivity index (χ4n) is 3.10. The highest BCUT2D eigenvalue weighted by atomic mass is 35.5. The van der Waals surface area contributed by atoms with E-state index in [4.69, 9.17) is 16.3 Å². The number of aromatic nitrogens is 2. The van der Waals surface area contributed by atoms with Gasteiger partial charge < -0.3 is 10.1 Å². The zero-order valence-electron chi connectivity index (χ0n) is 17.3. The number of hydrogen-bond donors (Lipinski definition) is 1. The maximum atomic E-state index is 12.6. The van der Waals surface area contributed by atoms with E-state index in [1.54, 1.807) is 10.9 Å². The van der Waals surface area contributed by atoms with Gasteiger partial charge in [-0.15, -0.1) is 11.3 Å². The molecule has 1 N–H and O–H groups in total. The molecule has 2 aromatic heterocycles. The van der Waals surface area contributed by atoms with Gasteiger partial charge in [-0.3, -0.25) is 9.48 Å². The molecule has 0 radical (unpaired) electrons. The number of hydrogen-bond acceptors (Lipinski definition) is 4. The Morgan fingerprint density at radius 3 is 2.77 bits per heavy atom. The van der Waals surface area contributed by atoms with E-state index in [1.807, 2.05) is 61.0 Å². The van der Waals surface area contributed by atoms with Gasteiger partial charge in [0.25, 0.3) is 5.91 Å². The standard InChI is InChI=1S/C24H22ClN3O2S/c1-16-4-3-5-22(17(16)2)30-14-19-10-23(31-15-19)24(29)27-21-11-26-28(13-21)12-18-6-8-20(25)9-7-18/h3-11,13,15H,12,14H2,1-2H3,(H,27,29). The molecule has 0 spiro atoms. The van der Waals surface area contributed by atoms with Crippen molar-refractivity contribution in [2.45, 2.75) is 27.0 Å². The molecule has 158 valence electrons. The first-order chi connectivity index (χ1) is 15.0. The van der Waals surface area contributed by atoms with Crippen LogP contribution in [0.15, 0.2) is 66.3 Å². The van der Waals surface area contributed by atoms with Gasteiger partial charge in [-0.05, 0) is 60.2 Å². The van der Waals surface area contributed by atoms with Crippen molar-refractivity contribution in [2.75, 3.05) is 5.32 Å². The Hall–Kier alpha value is -3.09. The summed E-state index contributed by atoms with van der Waals surface area (Å²) in [6.07, 6.45) is 3.45. The molecular formula is C24H22ClN3O2S. The first kappa shape index (κ1) is 21.2. The van der Waals surface area contributed by atoms with Crippen LogP contribution < -0.4 is 10.1 Å². The molecule has 2 heterocycles. The Bertz CT molecular complexity index is 1200. The lowest BCUT2D eigenvalue weighted by molar-refractivity contribution is 0.103. The van der Waals surface area contributed by atoms with E-state index in [1.165, 1.54) is 16.9 Å². The van der Waals surface area contributed by atoms with Crippen LogP contribution in [0.1, 0.15) is 31.9 Å². The van der Waals surface area contributed by atoms with Crippen molar-refractivity contribution in [1.29, 1.82) is 0 Å². The molecule has 7 heteroatoms. The first-order valence-electron chi connectivity index (χ1n) is 9.82. The smallest absolute Gasteiger partial charge is 0.265 e.